The first-order chi connectivity index (χ1) is 17.0. The third-order valence-corrected chi connectivity index (χ3v) is 17.5. The van der Waals surface area contributed by atoms with Crippen molar-refractivity contribution in [3.05, 3.63) is 12.2 Å². The lowest BCUT2D eigenvalue weighted by Crippen LogP contribution is -2.51. The van der Waals surface area contributed by atoms with Crippen LogP contribution in [0.15, 0.2) is 12.2 Å². The highest BCUT2D eigenvalue weighted by Crippen LogP contribution is 2.41. The number of methoxy groups -OCH3 is 1. The average molecular weight is 557 g/mol. The molecule has 0 heterocycles. The molecule has 0 aliphatic rings. The number of rotatable bonds is 19. The lowest BCUT2D eigenvalue weighted by Gasteiger charge is -2.45. The molecule has 0 aromatic carbocycles. The molecule has 0 saturated carbocycles. The minimum Gasteiger partial charge on any atom is -0.469 e. The van der Waals surface area contributed by atoms with E-state index in [1.165, 1.54) is 26.4 Å². The fraction of sp³-hybridized carbons (Fsp3) is 0.903. The SMILES string of the molecule is CCCCC/C=C\CC(O[Si](C)(C)C(C)(C)C)C(CCCCCCCC(=O)OC)O[Si](C)(C)C(C)(C)C. The van der Waals surface area contributed by atoms with Gasteiger partial charge in [0.2, 0.25) is 0 Å². The molecule has 0 fully saturated rings. The van der Waals surface area contributed by atoms with Crippen LogP contribution < -0.4 is 0 Å². The molecule has 0 radical (unpaired) electrons. The lowest BCUT2D eigenvalue weighted by atomic mass is 10.0. The summed E-state index contributed by atoms with van der Waals surface area (Å²) in [4.78, 5) is 11.4. The summed E-state index contributed by atoms with van der Waals surface area (Å²) >= 11 is 0. The van der Waals surface area contributed by atoms with E-state index in [4.69, 9.17) is 13.6 Å². The van der Waals surface area contributed by atoms with Crippen LogP contribution >= 0.6 is 0 Å². The fourth-order valence-electron chi connectivity index (χ4n) is 3.81. The van der Waals surface area contributed by atoms with Gasteiger partial charge in [-0.25, -0.2) is 0 Å². The highest BCUT2D eigenvalue weighted by Gasteiger charge is 2.44. The first kappa shape index (κ1) is 36.6. The van der Waals surface area contributed by atoms with Crippen molar-refractivity contribution >= 4 is 22.6 Å². The van der Waals surface area contributed by atoms with Crippen LogP contribution in [-0.4, -0.2) is 41.9 Å². The van der Waals surface area contributed by atoms with Crippen LogP contribution in [0.25, 0.3) is 0 Å². The minimum atomic E-state index is -1.96. The Kier molecular flexibility index (Phi) is 17.1. The largest absolute Gasteiger partial charge is 0.469 e. The predicted molar refractivity (Wildman–Crippen MR) is 166 cm³/mol. The van der Waals surface area contributed by atoms with Gasteiger partial charge in [-0.1, -0.05) is 99.1 Å². The lowest BCUT2D eigenvalue weighted by molar-refractivity contribution is -0.140. The standard InChI is InChI=1S/C31H64O4Si2/c1-13-14-15-16-18-21-24-27(34-36(9,10)30(2,3)4)28(35-37(11,12)31(5,6)7)25-22-19-17-20-23-26-29(32)33-8/h18,21,27-28H,13-17,19-20,22-26H2,1-12H3/b21-18-. The summed E-state index contributed by atoms with van der Waals surface area (Å²) in [7, 11) is -2.44. The topological polar surface area (TPSA) is 44.8 Å². The third kappa shape index (κ3) is 15.1. The van der Waals surface area contributed by atoms with Gasteiger partial charge in [-0.2, -0.15) is 0 Å². The van der Waals surface area contributed by atoms with Crippen LogP contribution in [0.4, 0.5) is 0 Å². The van der Waals surface area contributed by atoms with E-state index >= 15 is 0 Å². The number of allylic oxidation sites excluding steroid dienone is 1. The van der Waals surface area contributed by atoms with Crippen molar-refractivity contribution in [2.45, 2.75) is 174 Å². The number of unbranched alkanes of at least 4 members (excludes halogenated alkanes) is 7. The maximum Gasteiger partial charge on any atom is 0.305 e. The van der Waals surface area contributed by atoms with Crippen molar-refractivity contribution in [3.63, 3.8) is 0 Å². The molecule has 0 spiro atoms. The summed E-state index contributed by atoms with van der Waals surface area (Å²) in [6, 6.07) is 0. The molecule has 0 rings (SSSR count). The number of ether oxygens (including phenoxy) is 1. The van der Waals surface area contributed by atoms with Crippen molar-refractivity contribution in [1.82, 2.24) is 0 Å². The molecule has 2 atom stereocenters. The highest BCUT2D eigenvalue weighted by molar-refractivity contribution is 6.74. The molecule has 2 unspecified atom stereocenters. The molecular formula is C31H64O4Si2. The Balaban J connectivity index is 5.57. The fourth-order valence-corrected chi connectivity index (χ4v) is 6.55. The van der Waals surface area contributed by atoms with Crippen molar-refractivity contribution in [2.75, 3.05) is 7.11 Å². The Labute approximate surface area is 234 Å². The quantitative estimate of drug-likeness (QED) is 0.0687. The van der Waals surface area contributed by atoms with Gasteiger partial charge in [0.05, 0.1) is 19.3 Å². The summed E-state index contributed by atoms with van der Waals surface area (Å²) in [5, 5.41) is 0.327. The Morgan fingerprint density at radius 3 is 1.76 bits per heavy atom. The Morgan fingerprint density at radius 1 is 0.730 bits per heavy atom. The summed E-state index contributed by atoms with van der Waals surface area (Å²) in [5.41, 5.74) is 0. The summed E-state index contributed by atoms with van der Waals surface area (Å²) in [6.07, 6.45) is 17.8. The van der Waals surface area contributed by atoms with E-state index in [1.807, 2.05) is 0 Å². The van der Waals surface area contributed by atoms with Crippen molar-refractivity contribution in [3.8, 4) is 0 Å². The van der Waals surface area contributed by atoms with E-state index < -0.39 is 16.6 Å². The van der Waals surface area contributed by atoms with E-state index in [2.05, 4.69) is 86.8 Å². The maximum absolute atomic E-state index is 11.4. The molecule has 0 bridgehead atoms. The molecule has 0 aliphatic carbocycles. The summed E-state index contributed by atoms with van der Waals surface area (Å²) in [6.45, 7) is 25.7. The number of carbonyl (C=O) groups is 1. The van der Waals surface area contributed by atoms with Gasteiger partial charge in [-0.05, 0) is 68.4 Å². The summed E-state index contributed by atoms with van der Waals surface area (Å²) in [5.74, 6) is -0.101. The zero-order chi connectivity index (χ0) is 28.8. The minimum absolute atomic E-state index is 0.0942. The zero-order valence-corrected chi connectivity index (χ0v) is 28.9. The van der Waals surface area contributed by atoms with Crippen LogP contribution in [0.3, 0.4) is 0 Å². The van der Waals surface area contributed by atoms with Crippen molar-refractivity contribution in [2.24, 2.45) is 0 Å². The second kappa shape index (κ2) is 17.3. The van der Waals surface area contributed by atoms with Gasteiger partial charge in [-0.15, -0.1) is 0 Å². The number of hydrogen-bond donors (Lipinski definition) is 0. The van der Waals surface area contributed by atoms with Gasteiger partial charge in [0.25, 0.3) is 0 Å². The van der Waals surface area contributed by atoms with Crippen LogP contribution in [0.2, 0.25) is 36.3 Å². The molecule has 6 heteroatoms. The normalized spacial score (nSPS) is 15.2. The first-order valence-electron chi connectivity index (χ1n) is 15.1. The van der Waals surface area contributed by atoms with E-state index in [0.717, 1.165) is 51.4 Å². The van der Waals surface area contributed by atoms with Crippen molar-refractivity contribution < 1.29 is 18.4 Å². The smallest absolute Gasteiger partial charge is 0.305 e. The molecule has 0 amide bonds. The first-order valence-corrected chi connectivity index (χ1v) is 20.9. The number of esters is 1. The molecule has 0 saturated heterocycles. The molecule has 0 aliphatic heterocycles. The predicted octanol–water partition coefficient (Wildman–Crippen LogP) is 10.2. The Morgan fingerprint density at radius 2 is 1.24 bits per heavy atom. The number of hydrogen-bond acceptors (Lipinski definition) is 4. The second-order valence-corrected chi connectivity index (χ2v) is 23.4. The molecule has 220 valence electrons. The van der Waals surface area contributed by atoms with E-state index in [9.17, 15) is 4.79 Å². The second-order valence-electron chi connectivity index (χ2n) is 13.9. The van der Waals surface area contributed by atoms with E-state index in [1.54, 1.807) is 0 Å². The van der Waals surface area contributed by atoms with Crippen LogP contribution in [-0.2, 0) is 18.4 Å². The molecular weight excluding hydrogens is 493 g/mol. The molecule has 37 heavy (non-hydrogen) atoms. The zero-order valence-electron chi connectivity index (χ0n) is 26.9. The van der Waals surface area contributed by atoms with Gasteiger partial charge in [-0.3, -0.25) is 4.79 Å². The summed E-state index contributed by atoms with van der Waals surface area (Å²) < 4.78 is 19.0. The monoisotopic (exact) mass is 556 g/mol. The van der Waals surface area contributed by atoms with Gasteiger partial charge in [0.1, 0.15) is 0 Å². The van der Waals surface area contributed by atoms with Gasteiger partial charge >= 0.3 is 5.97 Å². The van der Waals surface area contributed by atoms with Crippen LogP contribution in [0.5, 0.6) is 0 Å². The molecule has 0 aromatic heterocycles. The third-order valence-electron chi connectivity index (χ3n) is 8.53. The van der Waals surface area contributed by atoms with Gasteiger partial charge < -0.3 is 13.6 Å². The Bertz CT molecular complexity index is 645. The van der Waals surface area contributed by atoms with E-state index in [0.29, 0.717) is 6.42 Å². The van der Waals surface area contributed by atoms with Gasteiger partial charge in [0, 0.05) is 6.42 Å². The van der Waals surface area contributed by atoms with Crippen molar-refractivity contribution in [1.29, 1.82) is 0 Å². The molecule has 0 aromatic rings. The molecule has 4 nitrogen and oxygen atoms in total. The van der Waals surface area contributed by atoms with Crippen LogP contribution in [0, 0.1) is 0 Å². The average Bonchev–Trinajstić information content (AvgIpc) is 2.77. The highest BCUT2D eigenvalue weighted by atomic mass is 28.4. The Hall–Kier alpha value is -0.436. The van der Waals surface area contributed by atoms with E-state index in [-0.39, 0.29) is 28.3 Å². The van der Waals surface area contributed by atoms with Crippen LogP contribution in [0.1, 0.15) is 126 Å². The molecule has 0 N–H and O–H groups in total. The maximum atomic E-state index is 11.4. The number of carbonyl (C=O) groups excluding carboxylic acids is 1. The van der Waals surface area contributed by atoms with Gasteiger partial charge in [0.15, 0.2) is 16.6 Å².